The van der Waals surface area contributed by atoms with Crippen molar-refractivity contribution in [2.24, 2.45) is 0 Å². The van der Waals surface area contributed by atoms with E-state index in [1.54, 1.807) is 57.4 Å². The van der Waals surface area contributed by atoms with Crippen LogP contribution in [0.15, 0.2) is 36.7 Å². The second-order valence-electron chi connectivity index (χ2n) is 7.90. The summed E-state index contributed by atoms with van der Waals surface area (Å²) in [6, 6.07) is 7.00. The number of anilines is 1. The molecule has 2 unspecified atom stereocenters. The maximum atomic E-state index is 13.1. The average Bonchev–Trinajstić information content (AvgIpc) is 2.67. The van der Waals surface area contributed by atoms with Crippen LogP contribution in [-0.2, 0) is 19.1 Å². The molecule has 2 aromatic heterocycles. The van der Waals surface area contributed by atoms with Crippen LogP contribution in [0.3, 0.4) is 0 Å². The molecule has 1 saturated heterocycles. The van der Waals surface area contributed by atoms with Crippen molar-refractivity contribution in [3.8, 4) is 11.3 Å². The van der Waals surface area contributed by atoms with Crippen molar-refractivity contribution in [2.45, 2.75) is 45.0 Å². The van der Waals surface area contributed by atoms with Gasteiger partial charge in [-0.3, -0.25) is 9.69 Å². The van der Waals surface area contributed by atoms with Crippen LogP contribution < -0.4 is 4.90 Å². The summed E-state index contributed by atoms with van der Waals surface area (Å²) < 4.78 is 10.7. The first-order valence-corrected chi connectivity index (χ1v) is 9.22. The van der Waals surface area contributed by atoms with Crippen LogP contribution in [0, 0.1) is 0 Å². The molecule has 0 spiro atoms. The molecule has 3 rings (SSSR count). The summed E-state index contributed by atoms with van der Waals surface area (Å²) in [7, 11) is 0. The molecule has 1 aliphatic heterocycles. The zero-order valence-electron chi connectivity index (χ0n) is 16.8. The Bertz CT molecular complexity index is 895. The van der Waals surface area contributed by atoms with Gasteiger partial charge in [0.15, 0.2) is 11.7 Å². The molecule has 0 bridgehead atoms. The Morgan fingerprint density at radius 1 is 1.24 bits per heavy atom. The number of hydrogen-bond acceptors (Lipinski definition) is 8. The van der Waals surface area contributed by atoms with Crippen molar-refractivity contribution in [1.29, 1.82) is 0 Å². The highest BCUT2D eigenvalue weighted by atomic mass is 16.6. The van der Waals surface area contributed by atoms with Crippen LogP contribution in [0.25, 0.3) is 11.3 Å². The Morgan fingerprint density at radius 3 is 2.66 bits per heavy atom. The summed E-state index contributed by atoms with van der Waals surface area (Å²) in [5.41, 5.74) is -1.59. The van der Waals surface area contributed by atoms with E-state index in [-0.39, 0.29) is 13.2 Å². The van der Waals surface area contributed by atoms with E-state index in [0.29, 0.717) is 11.5 Å². The molecule has 9 heteroatoms. The van der Waals surface area contributed by atoms with Gasteiger partial charge in [-0.15, -0.1) is 0 Å². The Labute approximate surface area is 168 Å². The van der Waals surface area contributed by atoms with Crippen LogP contribution in [0.4, 0.5) is 5.82 Å². The number of carbonyl (C=O) groups excluding carboxylic acids is 2. The number of rotatable bonds is 4. The summed E-state index contributed by atoms with van der Waals surface area (Å²) in [4.78, 5) is 31.4. The molecule has 1 aliphatic rings. The number of aromatic nitrogens is 3. The van der Waals surface area contributed by atoms with Crippen molar-refractivity contribution in [1.82, 2.24) is 15.2 Å². The third-order valence-electron chi connectivity index (χ3n) is 4.30. The zero-order valence-corrected chi connectivity index (χ0v) is 16.8. The van der Waals surface area contributed by atoms with E-state index in [0.717, 1.165) is 5.56 Å². The van der Waals surface area contributed by atoms with E-state index >= 15 is 0 Å². The zero-order chi connectivity index (χ0) is 21.2. The Morgan fingerprint density at radius 2 is 2.00 bits per heavy atom. The lowest BCUT2D eigenvalue weighted by Crippen LogP contribution is -2.61. The fourth-order valence-electron chi connectivity index (χ4n) is 2.88. The van der Waals surface area contributed by atoms with Crippen molar-refractivity contribution in [2.75, 3.05) is 18.1 Å². The van der Waals surface area contributed by atoms with Gasteiger partial charge in [-0.05, 0) is 45.9 Å². The van der Waals surface area contributed by atoms with Crippen LogP contribution in [-0.4, -0.2) is 62.6 Å². The first-order valence-electron chi connectivity index (χ1n) is 9.22. The molecule has 9 nitrogen and oxygen atoms in total. The molecule has 29 heavy (non-hydrogen) atoms. The number of ether oxygens (including phenoxy) is 2. The molecule has 1 amide bonds. The van der Waals surface area contributed by atoms with Gasteiger partial charge in [0.2, 0.25) is 0 Å². The van der Waals surface area contributed by atoms with Crippen LogP contribution in [0.1, 0.15) is 27.7 Å². The van der Waals surface area contributed by atoms with Crippen molar-refractivity contribution >= 4 is 17.7 Å². The number of amides is 1. The number of hydrogen-bond donors (Lipinski definition) is 1. The van der Waals surface area contributed by atoms with E-state index in [9.17, 15) is 14.7 Å². The van der Waals surface area contributed by atoms with E-state index in [2.05, 4.69) is 15.2 Å². The number of aliphatic hydroxyl groups is 1. The minimum absolute atomic E-state index is 0.137. The van der Waals surface area contributed by atoms with Gasteiger partial charge in [0.1, 0.15) is 11.4 Å². The van der Waals surface area contributed by atoms with E-state index < -0.39 is 29.2 Å². The largest absolute Gasteiger partial charge is 0.458 e. The highest BCUT2D eigenvalue weighted by molar-refractivity contribution is 6.01. The van der Waals surface area contributed by atoms with Gasteiger partial charge in [-0.2, -0.15) is 10.2 Å². The van der Waals surface area contributed by atoms with Gasteiger partial charge < -0.3 is 14.6 Å². The second kappa shape index (κ2) is 7.84. The van der Waals surface area contributed by atoms with Gasteiger partial charge in [-0.25, -0.2) is 9.78 Å². The van der Waals surface area contributed by atoms with Crippen molar-refractivity contribution < 1.29 is 24.2 Å². The molecule has 1 fully saturated rings. The monoisotopic (exact) mass is 400 g/mol. The lowest BCUT2D eigenvalue weighted by molar-refractivity contribution is -0.194. The first kappa shape index (κ1) is 20.8. The Balaban J connectivity index is 1.86. The topological polar surface area (TPSA) is 115 Å². The fourth-order valence-corrected chi connectivity index (χ4v) is 2.88. The third-order valence-corrected chi connectivity index (χ3v) is 4.30. The molecule has 154 valence electrons. The predicted octanol–water partition coefficient (Wildman–Crippen LogP) is 1.36. The maximum Gasteiger partial charge on any atom is 0.341 e. The SMILES string of the molecule is CC(C)(C)OC(=O)C(C)(O)C1OCCN(c2cccc(-c3ccnnc3)n2)C1=O. The maximum absolute atomic E-state index is 13.1. The van der Waals surface area contributed by atoms with Gasteiger partial charge >= 0.3 is 5.97 Å². The van der Waals surface area contributed by atoms with E-state index in [1.165, 1.54) is 11.8 Å². The summed E-state index contributed by atoms with van der Waals surface area (Å²) in [6.45, 7) is 6.64. The molecule has 2 atom stereocenters. The molecule has 3 heterocycles. The van der Waals surface area contributed by atoms with Gasteiger partial charge in [-0.1, -0.05) is 6.07 Å². The summed E-state index contributed by atoms with van der Waals surface area (Å²) in [5, 5.41) is 18.3. The Kier molecular flexibility index (Phi) is 5.63. The highest BCUT2D eigenvalue weighted by Crippen LogP contribution is 2.27. The quantitative estimate of drug-likeness (QED) is 0.765. The normalized spacial score (nSPS) is 19.6. The lowest BCUT2D eigenvalue weighted by Gasteiger charge is -2.38. The number of morpholine rings is 1. The minimum Gasteiger partial charge on any atom is -0.458 e. The Hall–Kier alpha value is -2.91. The fraction of sp³-hybridized carbons (Fsp3) is 0.450. The van der Waals surface area contributed by atoms with E-state index in [4.69, 9.17) is 9.47 Å². The third kappa shape index (κ3) is 4.57. The lowest BCUT2D eigenvalue weighted by atomic mass is 9.96. The standard InChI is InChI=1S/C20H24N4O5/c1-19(2,3)29-18(26)20(4,27)16-17(25)24(10-11-28-16)15-7-5-6-14(23-15)13-8-9-21-22-12-13/h5-9,12,16,27H,10-11H2,1-4H3. The molecule has 1 N–H and O–H groups in total. The molecule has 0 radical (unpaired) electrons. The number of esters is 1. The summed E-state index contributed by atoms with van der Waals surface area (Å²) >= 11 is 0. The molecule has 0 saturated carbocycles. The number of carbonyl (C=O) groups is 2. The van der Waals surface area contributed by atoms with Crippen LogP contribution in [0.5, 0.6) is 0 Å². The second-order valence-corrected chi connectivity index (χ2v) is 7.90. The van der Waals surface area contributed by atoms with Crippen LogP contribution in [0.2, 0.25) is 0 Å². The summed E-state index contributed by atoms with van der Waals surface area (Å²) in [5.74, 6) is -1.10. The van der Waals surface area contributed by atoms with Crippen molar-refractivity contribution in [3.05, 3.63) is 36.7 Å². The molecule has 0 aliphatic carbocycles. The molecular weight excluding hydrogens is 376 g/mol. The number of pyridine rings is 1. The number of nitrogens with zero attached hydrogens (tertiary/aromatic N) is 4. The van der Waals surface area contributed by atoms with Crippen molar-refractivity contribution in [3.63, 3.8) is 0 Å². The predicted molar refractivity (Wildman–Crippen MR) is 104 cm³/mol. The highest BCUT2D eigenvalue weighted by Gasteiger charge is 2.50. The summed E-state index contributed by atoms with van der Waals surface area (Å²) in [6.07, 6.45) is 1.72. The molecular formula is C20H24N4O5. The van der Waals surface area contributed by atoms with Gasteiger partial charge in [0.05, 0.1) is 31.2 Å². The average molecular weight is 400 g/mol. The van der Waals surface area contributed by atoms with Crippen LogP contribution >= 0.6 is 0 Å². The smallest absolute Gasteiger partial charge is 0.341 e. The molecule has 2 aromatic rings. The molecule has 0 aromatic carbocycles. The first-order chi connectivity index (χ1) is 13.6. The minimum atomic E-state index is -2.14. The van der Waals surface area contributed by atoms with E-state index in [1.807, 2.05) is 0 Å². The van der Waals surface area contributed by atoms with Gasteiger partial charge in [0.25, 0.3) is 5.91 Å². The van der Waals surface area contributed by atoms with Gasteiger partial charge in [0, 0.05) is 5.56 Å².